The summed E-state index contributed by atoms with van der Waals surface area (Å²) >= 11 is 0. The molecule has 0 aliphatic carbocycles. The highest BCUT2D eigenvalue weighted by Crippen LogP contribution is 2.25. The molecule has 144 valence electrons. The summed E-state index contributed by atoms with van der Waals surface area (Å²) in [5.74, 6) is 1.27. The lowest BCUT2D eigenvalue weighted by atomic mass is 10.1. The molecule has 0 fully saturated rings. The first kappa shape index (κ1) is 18.4. The highest BCUT2D eigenvalue weighted by molar-refractivity contribution is 6.00. The van der Waals surface area contributed by atoms with Crippen LogP contribution in [0.1, 0.15) is 15.9 Å². The molecule has 6 nitrogen and oxygen atoms in total. The molecular formula is C23H19N3O3. The summed E-state index contributed by atoms with van der Waals surface area (Å²) in [6.07, 6.45) is 0. The van der Waals surface area contributed by atoms with Crippen LogP contribution in [0, 0.1) is 0 Å². The van der Waals surface area contributed by atoms with Crippen LogP contribution in [0.5, 0.6) is 5.75 Å². The van der Waals surface area contributed by atoms with Crippen LogP contribution in [0.25, 0.3) is 22.8 Å². The van der Waals surface area contributed by atoms with E-state index in [1.165, 1.54) is 0 Å². The van der Waals surface area contributed by atoms with E-state index in [4.69, 9.17) is 9.26 Å². The number of amides is 1. The van der Waals surface area contributed by atoms with Crippen molar-refractivity contribution in [3.05, 3.63) is 90.0 Å². The fourth-order valence-electron chi connectivity index (χ4n) is 3.02. The molecule has 4 aromatic rings. The second-order valence-corrected chi connectivity index (χ2v) is 6.33. The summed E-state index contributed by atoms with van der Waals surface area (Å²) < 4.78 is 10.8. The molecule has 1 amide bonds. The molecule has 1 N–H and O–H groups in total. The van der Waals surface area contributed by atoms with Crippen LogP contribution >= 0.6 is 0 Å². The van der Waals surface area contributed by atoms with Crippen molar-refractivity contribution in [2.45, 2.75) is 6.54 Å². The minimum Gasteiger partial charge on any atom is -0.496 e. The average Bonchev–Trinajstić information content (AvgIpc) is 3.28. The molecule has 0 aliphatic rings. The van der Waals surface area contributed by atoms with E-state index >= 15 is 0 Å². The van der Waals surface area contributed by atoms with Crippen molar-refractivity contribution < 1.29 is 14.1 Å². The molecule has 0 aliphatic heterocycles. The van der Waals surface area contributed by atoms with E-state index in [-0.39, 0.29) is 5.91 Å². The van der Waals surface area contributed by atoms with Crippen molar-refractivity contribution in [2.75, 3.05) is 7.11 Å². The normalized spacial score (nSPS) is 10.5. The topological polar surface area (TPSA) is 77.2 Å². The summed E-state index contributed by atoms with van der Waals surface area (Å²) in [6.45, 7) is 0.344. The predicted molar refractivity (Wildman–Crippen MR) is 109 cm³/mol. The van der Waals surface area contributed by atoms with E-state index < -0.39 is 0 Å². The van der Waals surface area contributed by atoms with E-state index in [0.29, 0.717) is 29.4 Å². The molecule has 1 heterocycles. The van der Waals surface area contributed by atoms with Crippen LogP contribution in [0.3, 0.4) is 0 Å². The molecule has 0 unspecified atom stereocenters. The quantitative estimate of drug-likeness (QED) is 0.534. The Kier molecular flexibility index (Phi) is 5.33. The summed E-state index contributed by atoms with van der Waals surface area (Å²) in [6, 6.07) is 24.3. The first-order chi connectivity index (χ1) is 14.3. The van der Waals surface area contributed by atoms with Gasteiger partial charge in [0.25, 0.3) is 11.8 Å². The molecule has 0 spiro atoms. The minimum absolute atomic E-state index is 0.231. The molecule has 4 rings (SSSR count). The third-order valence-electron chi connectivity index (χ3n) is 4.49. The Balaban J connectivity index is 1.57. The van der Waals surface area contributed by atoms with E-state index in [1.807, 2.05) is 60.7 Å². The van der Waals surface area contributed by atoms with Gasteiger partial charge in [0.05, 0.1) is 18.2 Å². The van der Waals surface area contributed by atoms with Crippen molar-refractivity contribution in [2.24, 2.45) is 0 Å². The Morgan fingerprint density at radius 2 is 1.69 bits per heavy atom. The molecule has 29 heavy (non-hydrogen) atoms. The number of carbonyl (C=O) groups is 1. The standard InChI is InChI=1S/C23H19N3O3/c1-28-20-14-8-5-11-17(20)15-24-22(27)18-12-6-7-13-19(18)23-25-21(26-29-23)16-9-3-2-4-10-16/h2-14H,15H2,1H3,(H,24,27). The van der Waals surface area contributed by atoms with Gasteiger partial charge in [0, 0.05) is 17.7 Å². The average molecular weight is 385 g/mol. The van der Waals surface area contributed by atoms with Gasteiger partial charge in [-0.3, -0.25) is 4.79 Å². The second-order valence-electron chi connectivity index (χ2n) is 6.33. The molecule has 0 radical (unpaired) electrons. The number of methoxy groups -OCH3 is 1. The number of hydrogen-bond acceptors (Lipinski definition) is 5. The SMILES string of the molecule is COc1ccccc1CNC(=O)c1ccccc1-c1nc(-c2ccccc2)no1. The van der Waals surface area contributed by atoms with Gasteiger partial charge >= 0.3 is 0 Å². The molecule has 0 saturated heterocycles. The van der Waals surface area contributed by atoms with Gasteiger partial charge < -0.3 is 14.6 Å². The van der Waals surface area contributed by atoms with Gasteiger partial charge in [0.2, 0.25) is 5.82 Å². The Hall–Kier alpha value is -3.93. The smallest absolute Gasteiger partial charge is 0.259 e. The Morgan fingerprint density at radius 3 is 2.52 bits per heavy atom. The van der Waals surface area contributed by atoms with E-state index in [2.05, 4.69) is 15.5 Å². The Bertz CT molecular complexity index is 1120. The molecule has 0 saturated carbocycles. The van der Waals surface area contributed by atoms with E-state index in [9.17, 15) is 4.79 Å². The van der Waals surface area contributed by atoms with Gasteiger partial charge in [0.15, 0.2) is 0 Å². The Morgan fingerprint density at radius 1 is 0.966 bits per heavy atom. The molecular weight excluding hydrogens is 366 g/mol. The third-order valence-corrected chi connectivity index (χ3v) is 4.49. The number of nitrogens with zero attached hydrogens (tertiary/aromatic N) is 2. The van der Waals surface area contributed by atoms with Gasteiger partial charge in [-0.15, -0.1) is 0 Å². The summed E-state index contributed by atoms with van der Waals surface area (Å²) in [7, 11) is 1.61. The van der Waals surface area contributed by atoms with Crippen molar-refractivity contribution in [3.8, 4) is 28.6 Å². The largest absolute Gasteiger partial charge is 0.496 e. The molecule has 0 bridgehead atoms. The minimum atomic E-state index is -0.231. The fourth-order valence-corrected chi connectivity index (χ4v) is 3.02. The lowest BCUT2D eigenvalue weighted by Crippen LogP contribution is -2.23. The maximum Gasteiger partial charge on any atom is 0.259 e. The number of aromatic nitrogens is 2. The summed E-state index contributed by atoms with van der Waals surface area (Å²) in [5, 5.41) is 6.97. The Labute approximate surface area is 168 Å². The van der Waals surface area contributed by atoms with Gasteiger partial charge in [-0.25, -0.2) is 0 Å². The second kappa shape index (κ2) is 8.39. The van der Waals surface area contributed by atoms with Crippen LogP contribution in [0.15, 0.2) is 83.4 Å². The zero-order valence-corrected chi connectivity index (χ0v) is 15.8. The summed E-state index contributed by atoms with van der Waals surface area (Å²) in [5.41, 5.74) is 2.79. The van der Waals surface area contributed by atoms with E-state index in [0.717, 1.165) is 16.9 Å². The number of rotatable bonds is 6. The summed E-state index contributed by atoms with van der Waals surface area (Å²) in [4.78, 5) is 17.3. The van der Waals surface area contributed by atoms with Crippen LogP contribution in [-0.2, 0) is 6.54 Å². The van der Waals surface area contributed by atoms with Gasteiger partial charge in [0.1, 0.15) is 5.75 Å². The molecule has 3 aromatic carbocycles. The third kappa shape index (κ3) is 4.01. The first-order valence-electron chi connectivity index (χ1n) is 9.15. The molecule has 6 heteroatoms. The fraction of sp³-hybridized carbons (Fsp3) is 0.0870. The maximum absolute atomic E-state index is 12.8. The van der Waals surface area contributed by atoms with Crippen LogP contribution < -0.4 is 10.1 Å². The zero-order valence-electron chi connectivity index (χ0n) is 15.8. The maximum atomic E-state index is 12.8. The number of para-hydroxylation sites is 1. The number of carbonyl (C=O) groups excluding carboxylic acids is 1. The van der Waals surface area contributed by atoms with Crippen LogP contribution in [0.4, 0.5) is 0 Å². The van der Waals surface area contributed by atoms with Gasteiger partial charge in [-0.2, -0.15) is 4.98 Å². The molecule has 0 atom stereocenters. The highest BCUT2D eigenvalue weighted by atomic mass is 16.5. The number of hydrogen-bond donors (Lipinski definition) is 1. The molecule has 1 aromatic heterocycles. The van der Waals surface area contributed by atoms with Crippen LogP contribution in [0.2, 0.25) is 0 Å². The monoisotopic (exact) mass is 385 g/mol. The number of nitrogens with one attached hydrogen (secondary N) is 1. The number of benzene rings is 3. The van der Waals surface area contributed by atoms with Crippen molar-refractivity contribution in [3.63, 3.8) is 0 Å². The lowest BCUT2D eigenvalue weighted by molar-refractivity contribution is 0.0951. The lowest BCUT2D eigenvalue weighted by Gasteiger charge is -2.10. The van der Waals surface area contributed by atoms with Gasteiger partial charge in [-0.1, -0.05) is 65.8 Å². The van der Waals surface area contributed by atoms with Crippen molar-refractivity contribution in [1.29, 1.82) is 0 Å². The zero-order chi connectivity index (χ0) is 20.1. The van der Waals surface area contributed by atoms with Crippen molar-refractivity contribution >= 4 is 5.91 Å². The highest BCUT2D eigenvalue weighted by Gasteiger charge is 2.18. The van der Waals surface area contributed by atoms with Crippen LogP contribution in [-0.4, -0.2) is 23.2 Å². The number of ether oxygens (including phenoxy) is 1. The van der Waals surface area contributed by atoms with Gasteiger partial charge in [-0.05, 0) is 18.2 Å². The van der Waals surface area contributed by atoms with E-state index in [1.54, 1.807) is 25.3 Å². The van der Waals surface area contributed by atoms with Crippen molar-refractivity contribution in [1.82, 2.24) is 15.5 Å². The first-order valence-corrected chi connectivity index (χ1v) is 9.15. The predicted octanol–water partition coefficient (Wildman–Crippen LogP) is 4.34.